The van der Waals surface area contributed by atoms with Crippen molar-refractivity contribution < 1.29 is 12.6 Å². The molecule has 2 atom stereocenters. The highest BCUT2D eigenvalue weighted by Crippen LogP contribution is 2.24. The summed E-state index contributed by atoms with van der Waals surface area (Å²) in [6, 6.07) is 15.2. The van der Waals surface area contributed by atoms with Crippen molar-refractivity contribution in [2.45, 2.75) is 49.8 Å². The first-order chi connectivity index (χ1) is 12.3. The minimum absolute atomic E-state index is 0.0768. The molecule has 0 bridgehead atoms. The fourth-order valence-corrected chi connectivity index (χ4v) is 7.13. The molecule has 6 heteroatoms. The lowest BCUT2D eigenvalue weighted by molar-refractivity contribution is 0.548. The SMILES string of the molecule is CCCCC(C)CS(=O)(=NS(=O)(=O)c1ccc(C)cc1)c1ccccc1. The maximum absolute atomic E-state index is 13.7. The summed E-state index contributed by atoms with van der Waals surface area (Å²) in [6.45, 7) is 6.00. The van der Waals surface area contributed by atoms with Gasteiger partial charge >= 0.3 is 0 Å². The highest BCUT2D eigenvalue weighted by Gasteiger charge is 2.22. The van der Waals surface area contributed by atoms with E-state index in [4.69, 9.17) is 0 Å². The Bertz CT molecular complexity index is 927. The molecule has 2 unspecified atom stereocenters. The largest absolute Gasteiger partial charge is 0.290 e. The Kier molecular flexibility index (Phi) is 7.01. The molecule has 0 saturated carbocycles. The number of benzene rings is 2. The van der Waals surface area contributed by atoms with E-state index >= 15 is 0 Å². The van der Waals surface area contributed by atoms with Crippen LogP contribution in [0.1, 0.15) is 38.7 Å². The zero-order valence-electron chi connectivity index (χ0n) is 15.6. The van der Waals surface area contributed by atoms with E-state index in [1.165, 1.54) is 12.1 Å². The van der Waals surface area contributed by atoms with Crippen LogP contribution in [0.3, 0.4) is 0 Å². The van der Waals surface area contributed by atoms with Crippen LogP contribution < -0.4 is 0 Å². The van der Waals surface area contributed by atoms with Gasteiger partial charge in [-0.05, 0) is 43.5 Å². The Balaban J connectivity index is 2.51. The number of nitrogens with zero attached hydrogens (tertiary/aromatic N) is 1. The van der Waals surface area contributed by atoms with Gasteiger partial charge in [-0.25, -0.2) is 4.21 Å². The predicted octanol–water partition coefficient (Wildman–Crippen LogP) is 5.04. The van der Waals surface area contributed by atoms with Crippen molar-refractivity contribution in [3.63, 3.8) is 0 Å². The average Bonchev–Trinajstić information content (AvgIpc) is 2.60. The maximum atomic E-state index is 13.7. The summed E-state index contributed by atoms with van der Waals surface area (Å²) >= 11 is 0. The summed E-state index contributed by atoms with van der Waals surface area (Å²) in [5.74, 6) is 0.363. The molecule has 2 rings (SSSR count). The van der Waals surface area contributed by atoms with Crippen molar-refractivity contribution in [2.24, 2.45) is 9.69 Å². The minimum atomic E-state index is -4.00. The van der Waals surface area contributed by atoms with Gasteiger partial charge in [0.2, 0.25) is 0 Å². The summed E-state index contributed by atoms with van der Waals surface area (Å²) < 4.78 is 43.2. The highest BCUT2D eigenvalue weighted by molar-refractivity contribution is 8.03. The van der Waals surface area contributed by atoms with Gasteiger partial charge in [-0.1, -0.05) is 62.6 Å². The highest BCUT2D eigenvalue weighted by atomic mass is 32.3. The molecule has 0 radical (unpaired) electrons. The van der Waals surface area contributed by atoms with Crippen LogP contribution in [0.25, 0.3) is 0 Å². The quantitative estimate of drug-likeness (QED) is 0.631. The summed E-state index contributed by atoms with van der Waals surface area (Å²) in [5.41, 5.74) is 0.959. The maximum Gasteiger partial charge on any atom is 0.290 e. The second kappa shape index (κ2) is 8.82. The molecular weight excluding hydrogens is 366 g/mol. The van der Waals surface area contributed by atoms with E-state index in [2.05, 4.69) is 10.7 Å². The number of rotatable bonds is 8. The lowest BCUT2D eigenvalue weighted by atomic mass is 10.1. The van der Waals surface area contributed by atoms with Crippen LogP contribution in [-0.2, 0) is 19.8 Å². The van der Waals surface area contributed by atoms with Crippen LogP contribution in [0.15, 0.2) is 68.2 Å². The van der Waals surface area contributed by atoms with Crippen LogP contribution in [0.5, 0.6) is 0 Å². The van der Waals surface area contributed by atoms with E-state index in [0.29, 0.717) is 4.90 Å². The molecule has 0 spiro atoms. The lowest BCUT2D eigenvalue weighted by Crippen LogP contribution is -2.16. The molecule has 0 aliphatic heterocycles. The summed E-state index contributed by atoms with van der Waals surface area (Å²) in [7, 11) is -7.08. The second-order valence-electron chi connectivity index (χ2n) is 6.73. The fraction of sp³-hybridized carbons (Fsp3) is 0.400. The number of aryl methyl sites for hydroxylation is 1. The van der Waals surface area contributed by atoms with E-state index in [1.54, 1.807) is 36.4 Å². The van der Waals surface area contributed by atoms with E-state index in [1.807, 2.05) is 19.9 Å². The molecule has 0 fully saturated rings. The van der Waals surface area contributed by atoms with Gasteiger partial charge in [-0.2, -0.15) is 8.42 Å². The van der Waals surface area contributed by atoms with E-state index < -0.39 is 19.8 Å². The Hall–Kier alpha value is -1.66. The average molecular weight is 394 g/mol. The smallest absolute Gasteiger partial charge is 0.244 e. The normalized spacial score (nSPS) is 15.2. The number of hydrogen-bond donors (Lipinski definition) is 0. The first kappa shape index (κ1) is 20.6. The Labute approximate surface area is 157 Å². The minimum Gasteiger partial charge on any atom is -0.244 e. The summed E-state index contributed by atoms with van der Waals surface area (Å²) in [5, 5.41) is 0. The van der Waals surface area contributed by atoms with Crippen LogP contribution >= 0.6 is 0 Å². The first-order valence-corrected chi connectivity index (χ1v) is 12.0. The topological polar surface area (TPSA) is 63.6 Å². The van der Waals surface area contributed by atoms with Gasteiger partial charge in [0.05, 0.1) is 14.6 Å². The second-order valence-corrected chi connectivity index (χ2v) is 10.8. The van der Waals surface area contributed by atoms with Gasteiger partial charge in [0, 0.05) is 10.6 Å². The third-order valence-electron chi connectivity index (χ3n) is 4.21. The standard InChI is InChI=1S/C20H27NO3S2/c1-4-5-9-18(3)16-25(22,19-10-7-6-8-11-19)21-26(23,24)20-14-12-17(2)13-15-20/h6-8,10-15,18H,4-5,9,16H2,1-3H3. The molecule has 142 valence electrons. The monoisotopic (exact) mass is 393 g/mol. The van der Waals surface area contributed by atoms with E-state index in [9.17, 15) is 12.6 Å². The molecule has 0 aliphatic rings. The van der Waals surface area contributed by atoms with Crippen LogP contribution in [0.4, 0.5) is 0 Å². The van der Waals surface area contributed by atoms with Crippen molar-refractivity contribution in [1.82, 2.24) is 0 Å². The molecule has 0 aliphatic carbocycles. The van der Waals surface area contributed by atoms with Gasteiger partial charge in [0.15, 0.2) is 0 Å². The number of unbranched alkanes of at least 4 members (excludes halogenated alkanes) is 1. The lowest BCUT2D eigenvalue weighted by Gasteiger charge is -2.16. The number of hydrogen-bond acceptors (Lipinski definition) is 3. The molecule has 0 N–H and O–H groups in total. The van der Waals surface area contributed by atoms with Gasteiger partial charge in [0.1, 0.15) is 0 Å². The molecule has 0 aromatic heterocycles. The fourth-order valence-electron chi connectivity index (χ4n) is 2.74. The molecule has 0 heterocycles. The molecule has 2 aromatic rings. The van der Waals surface area contributed by atoms with Gasteiger partial charge in [-0.15, -0.1) is 3.77 Å². The van der Waals surface area contributed by atoms with Gasteiger partial charge in [0.25, 0.3) is 10.0 Å². The molecule has 0 saturated heterocycles. The van der Waals surface area contributed by atoms with Crippen LogP contribution in [0.2, 0.25) is 0 Å². The Morgan fingerprint density at radius 2 is 1.54 bits per heavy atom. The first-order valence-electron chi connectivity index (χ1n) is 8.90. The molecule has 2 aromatic carbocycles. The molecular formula is C20H27NO3S2. The molecule has 26 heavy (non-hydrogen) atoms. The number of sulfonamides is 1. The third kappa shape index (κ3) is 5.42. The Morgan fingerprint density at radius 1 is 0.923 bits per heavy atom. The summed E-state index contributed by atoms with van der Waals surface area (Å²) in [6.07, 6.45) is 2.98. The van der Waals surface area contributed by atoms with Crippen molar-refractivity contribution >= 4 is 19.8 Å². The van der Waals surface area contributed by atoms with Crippen molar-refractivity contribution in [3.05, 3.63) is 60.2 Å². The zero-order chi connectivity index (χ0) is 19.2. The molecule has 0 amide bonds. The Morgan fingerprint density at radius 3 is 2.12 bits per heavy atom. The van der Waals surface area contributed by atoms with E-state index in [0.717, 1.165) is 24.8 Å². The van der Waals surface area contributed by atoms with Gasteiger partial charge < -0.3 is 0 Å². The van der Waals surface area contributed by atoms with Crippen LogP contribution in [-0.4, -0.2) is 18.4 Å². The summed E-state index contributed by atoms with van der Waals surface area (Å²) in [4.78, 5) is 0.548. The van der Waals surface area contributed by atoms with Crippen molar-refractivity contribution in [1.29, 1.82) is 0 Å². The molecule has 4 nitrogen and oxygen atoms in total. The zero-order valence-corrected chi connectivity index (χ0v) is 17.2. The van der Waals surface area contributed by atoms with Crippen molar-refractivity contribution in [3.8, 4) is 0 Å². The van der Waals surface area contributed by atoms with E-state index in [-0.39, 0.29) is 16.6 Å². The van der Waals surface area contributed by atoms with Crippen LogP contribution in [0, 0.1) is 12.8 Å². The predicted molar refractivity (Wildman–Crippen MR) is 107 cm³/mol. The van der Waals surface area contributed by atoms with Crippen molar-refractivity contribution in [2.75, 3.05) is 5.75 Å². The van der Waals surface area contributed by atoms with Gasteiger partial charge in [-0.3, -0.25) is 0 Å². The third-order valence-corrected chi connectivity index (χ3v) is 8.86.